The monoisotopic (exact) mass is 295 g/mol. The van der Waals surface area contributed by atoms with Crippen molar-refractivity contribution in [3.63, 3.8) is 0 Å². The first-order chi connectivity index (χ1) is 9.88. The lowest BCUT2D eigenvalue weighted by Crippen LogP contribution is -2.19. The molecule has 3 aromatic rings. The van der Waals surface area contributed by atoms with Crippen LogP contribution in [-0.4, -0.2) is 19.7 Å². The summed E-state index contributed by atoms with van der Waals surface area (Å²) in [7, 11) is 0. The number of benzene rings is 1. The fourth-order valence-corrected chi connectivity index (χ4v) is 1.92. The van der Waals surface area contributed by atoms with Crippen LogP contribution in [0.4, 0.5) is 19.0 Å². The van der Waals surface area contributed by atoms with Crippen molar-refractivity contribution < 1.29 is 13.2 Å². The number of nitrogens with two attached hydrogens (primary N) is 1. The fraction of sp³-hybridized carbons (Fsp3) is 0.0833. The van der Waals surface area contributed by atoms with Crippen LogP contribution in [0.1, 0.15) is 5.82 Å². The number of halogens is 3. The van der Waals surface area contributed by atoms with E-state index in [9.17, 15) is 18.0 Å². The Bertz CT molecular complexity index is 866. The number of para-hydroxylation sites is 1. The molecule has 1 aromatic carbocycles. The zero-order valence-electron chi connectivity index (χ0n) is 10.3. The second kappa shape index (κ2) is 4.33. The summed E-state index contributed by atoms with van der Waals surface area (Å²) in [5.41, 5.74) is 4.97. The second-order valence-corrected chi connectivity index (χ2v) is 4.24. The number of rotatable bonds is 1. The number of fused-ring (bicyclic) bond motifs is 1. The molecule has 0 bridgehead atoms. The van der Waals surface area contributed by atoms with E-state index in [-0.39, 0.29) is 16.9 Å². The first-order valence-electron chi connectivity index (χ1n) is 5.79. The van der Waals surface area contributed by atoms with Gasteiger partial charge in [0.2, 0.25) is 5.82 Å². The van der Waals surface area contributed by atoms with Crippen LogP contribution in [0.15, 0.2) is 35.1 Å². The summed E-state index contributed by atoms with van der Waals surface area (Å²) in [5.74, 6) is -1.48. The topological polar surface area (TPSA) is 89.6 Å². The molecule has 2 heterocycles. The molecule has 6 nitrogen and oxygen atoms in total. The minimum Gasteiger partial charge on any atom is -0.383 e. The Morgan fingerprint density at radius 2 is 1.86 bits per heavy atom. The maximum absolute atomic E-state index is 12.6. The van der Waals surface area contributed by atoms with Gasteiger partial charge in [0.05, 0.1) is 5.69 Å². The van der Waals surface area contributed by atoms with Crippen LogP contribution >= 0.6 is 0 Å². The molecule has 21 heavy (non-hydrogen) atoms. The minimum absolute atomic E-state index is 0.0707. The van der Waals surface area contributed by atoms with Crippen molar-refractivity contribution in [3.8, 4) is 5.69 Å². The number of H-pyrrole nitrogens is 1. The number of nitrogens with one attached hydrogen (secondary N) is 1. The zero-order valence-corrected chi connectivity index (χ0v) is 10.3. The zero-order chi connectivity index (χ0) is 15.2. The first-order valence-corrected chi connectivity index (χ1v) is 5.79. The number of anilines is 1. The van der Waals surface area contributed by atoms with Gasteiger partial charge in [-0.25, -0.2) is 9.67 Å². The first kappa shape index (κ1) is 13.2. The lowest BCUT2D eigenvalue weighted by Gasteiger charge is -2.03. The van der Waals surface area contributed by atoms with Crippen LogP contribution in [-0.2, 0) is 6.18 Å². The number of aromatic nitrogens is 4. The van der Waals surface area contributed by atoms with Crippen LogP contribution in [0.3, 0.4) is 0 Å². The molecule has 108 valence electrons. The highest BCUT2D eigenvalue weighted by Gasteiger charge is 2.35. The van der Waals surface area contributed by atoms with Gasteiger partial charge < -0.3 is 10.7 Å². The normalized spacial score (nSPS) is 12.0. The molecule has 0 aliphatic carbocycles. The Kier molecular flexibility index (Phi) is 2.71. The summed E-state index contributed by atoms with van der Waals surface area (Å²) >= 11 is 0. The molecule has 0 aliphatic rings. The minimum atomic E-state index is -4.77. The van der Waals surface area contributed by atoms with Crippen molar-refractivity contribution in [2.24, 2.45) is 0 Å². The molecule has 0 fully saturated rings. The van der Waals surface area contributed by atoms with Gasteiger partial charge >= 0.3 is 6.18 Å². The van der Waals surface area contributed by atoms with Gasteiger partial charge in [0.25, 0.3) is 5.56 Å². The number of alkyl halides is 3. The molecule has 9 heteroatoms. The third-order valence-electron chi connectivity index (χ3n) is 2.85. The molecule has 2 aromatic heterocycles. The average Bonchev–Trinajstić information content (AvgIpc) is 2.76. The molecule has 0 atom stereocenters. The summed E-state index contributed by atoms with van der Waals surface area (Å²) in [6.45, 7) is 0. The van der Waals surface area contributed by atoms with E-state index in [1.165, 1.54) is 4.68 Å². The lowest BCUT2D eigenvalue weighted by molar-refractivity contribution is -0.144. The third kappa shape index (κ3) is 2.12. The van der Waals surface area contributed by atoms with E-state index in [1.54, 1.807) is 35.3 Å². The van der Waals surface area contributed by atoms with Crippen molar-refractivity contribution in [1.82, 2.24) is 19.7 Å². The van der Waals surface area contributed by atoms with Crippen LogP contribution < -0.4 is 11.3 Å². The lowest BCUT2D eigenvalue weighted by atomic mass is 10.3. The van der Waals surface area contributed by atoms with Crippen LogP contribution in [0, 0.1) is 0 Å². The fourth-order valence-electron chi connectivity index (χ4n) is 1.92. The molecule has 0 spiro atoms. The number of nitrogen functional groups attached to an aromatic ring is 1. The highest BCUT2D eigenvalue weighted by molar-refractivity contribution is 5.86. The van der Waals surface area contributed by atoms with Crippen LogP contribution in [0.5, 0.6) is 0 Å². The van der Waals surface area contributed by atoms with Gasteiger partial charge in [-0.3, -0.25) is 4.79 Å². The van der Waals surface area contributed by atoms with Crippen LogP contribution in [0.2, 0.25) is 0 Å². The average molecular weight is 295 g/mol. The van der Waals surface area contributed by atoms with E-state index in [0.717, 1.165) is 0 Å². The van der Waals surface area contributed by atoms with Gasteiger partial charge in [-0.05, 0) is 12.1 Å². The standard InChI is InChI=1S/C12H8F3N5O/c13-12(14,15)11-17-9-7(10(21)18-11)8(16)20(19-9)6-4-2-1-3-5-6/h1-5H,16H2,(H,17,18,19,21). The largest absolute Gasteiger partial charge is 0.449 e. The van der Waals surface area contributed by atoms with Crippen LogP contribution in [0.25, 0.3) is 16.7 Å². The summed E-state index contributed by atoms with van der Waals surface area (Å²) in [5, 5.41) is 3.70. The van der Waals surface area contributed by atoms with Crippen molar-refractivity contribution >= 4 is 16.9 Å². The maximum atomic E-state index is 12.6. The predicted molar refractivity (Wildman–Crippen MR) is 68.9 cm³/mol. The molecular weight excluding hydrogens is 287 g/mol. The molecule has 0 saturated carbocycles. The van der Waals surface area contributed by atoms with Gasteiger partial charge in [-0.2, -0.15) is 13.2 Å². The molecule has 0 radical (unpaired) electrons. The second-order valence-electron chi connectivity index (χ2n) is 4.24. The SMILES string of the molecule is Nc1c2c(=O)[nH]c(C(F)(F)F)nc2nn1-c1ccccc1. The molecular formula is C12H8F3N5O. The smallest absolute Gasteiger partial charge is 0.383 e. The van der Waals surface area contributed by atoms with Crippen molar-refractivity contribution in [3.05, 3.63) is 46.5 Å². The number of nitrogens with zero attached hydrogens (tertiary/aromatic N) is 3. The molecule has 0 saturated heterocycles. The van der Waals surface area contributed by atoms with Crippen molar-refractivity contribution in [1.29, 1.82) is 0 Å². The van der Waals surface area contributed by atoms with E-state index in [4.69, 9.17) is 5.73 Å². The third-order valence-corrected chi connectivity index (χ3v) is 2.85. The Labute approximate surface area is 115 Å². The van der Waals surface area contributed by atoms with E-state index in [2.05, 4.69) is 10.1 Å². The molecule has 0 aliphatic heterocycles. The number of hydrogen-bond donors (Lipinski definition) is 2. The quantitative estimate of drug-likeness (QED) is 0.715. The number of aromatic amines is 1. The van der Waals surface area contributed by atoms with Crippen molar-refractivity contribution in [2.75, 3.05) is 5.73 Å². The molecule has 0 unspecified atom stereocenters. The van der Waals surface area contributed by atoms with Crippen molar-refractivity contribution in [2.45, 2.75) is 6.18 Å². The Morgan fingerprint density at radius 3 is 2.48 bits per heavy atom. The van der Waals surface area contributed by atoms with Gasteiger partial charge in [-0.15, -0.1) is 5.10 Å². The number of hydrogen-bond acceptors (Lipinski definition) is 4. The van der Waals surface area contributed by atoms with Gasteiger partial charge in [0.1, 0.15) is 11.2 Å². The Balaban J connectivity index is 2.30. The van der Waals surface area contributed by atoms with E-state index < -0.39 is 17.6 Å². The summed E-state index contributed by atoms with van der Waals surface area (Å²) < 4.78 is 39.1. The van der Waals surface area contributed by atoms with E-state index in [1.807, 2.05) is 0 Å². The summed E-state index contributed by atoms with van der Waals surface area (Å²) in [6, 6.07) is 8.48. The maximum Gasteiger partial charge on any atom is 0.449 e. The highest BCUT2D eigenvalue weighted by Crippen LogP contribution is 2.27. The Morgan fingerprint density at radius 1 is 1.19 bits per heavy atom. The molecule has 3 N–H and O–H groups in total. The molecule has 3 rings (SSSR count). The predicted octanol–water partition coefficient (Wildman–Crippen LogP) is 1.71. The molecule has 0 amide bonds. The Hall–Kier alpha value is -2.84. The summed E-state index contributed by atoms with van der Waals surface area (Å²) in [6.07, 6.45) is -4.77. The highest BCUT2D eigenvalue weighted by atomic mass is 19.4. The van der Waals surface area contributed by atoms with Gasteiger partial charge in [-0.1, -0.05) is 18.2 Å². The summed E-state index contributed by atoms with van der Waals surface area (Å²) in [4.78, 5) is 16.8. The van der Waals surface area contributed by atoms with Gasteiger partial charge in [0.15, 0.2) is 5.65 Å². The van der Waals surface area contributed by atoms with Gasteiger partial charge in [0, 0.05) is 0 Å². The van der Waals surface area contributed by atoms with E-state index >= 15 is 0 Å². The van der Waals surface area contributed by atoms with E-state index in [0.29, 0.717) is 5.69 Å².